The molecule has 1 aromatic carbocycles. The summed E-state index contributed by atoms with van der Waals surface area (Å²) < 4.78 is 0. The van der Waals surface area contributed by atoms with Gasteiger partial charge in [0.05, 0.1) is 11.3 Å². The Balaban J connectivity index is 2.24. The lowest BCUT2D eigenvalue weighted by atomic mass is 10.2. The van der Waals surface area contributed by atoms with Crippen molar-refractivity contribution in [2.75, 3.05) is 0 Å². The summed E-state index contributed by atoms with van der Waals surface area (Å²) in [5, 5.41) is 0.665. The van der Waals surface area contributed by atoms with Crippen molar-refractivity contribution in [1.82, 2.24) is 4.98 Å². The average Bonchev–Trinajstić information content (AvgIpc) is 2.67. The molecule has 76 valence electrons. The fourth-order valence-corrected chi connectivity index (χ4v) is 2.44. The number of thiazole rings is 1. The molecule has 0 spiro atoms. The van der Waals surface area contributed by atoms with E-state index in [0.717, 1.165) is 15.4 Å². The molecular weight excluding hydrogens is 226 g/mol. The van der Waals surface area contributed by atoms with E-state index in [1.807, 2.05) is 30.3 Å². The first kappa shape index (κ1) is 10.4. The number of rotatable bonds is 3. The molecule has 2 rings (SSSR count). The van der Waals surface area contributed by atoms with Gasteiger partial charge in [-0.05, 0) is 5.56 Å². The van der Waals surface area contributed by atoms with Gasteiger partial charge in [-0.15, -0.1) is 24.0 Å². The lowest BCUT2D eigenvalue weighted by molar-refractivity contribution is -0.110. The van der Waals surface area contributed by atoms with Crippen molar-refractivity contribution in [3.63, 3.8) is 0 Å². The molecule has 0 bridgehead atoms. The predicted octanol–water partition coefficient (Wildman–Crippen LogP) is 2.81. The fourth-order valence-electron chi connectivity index (χ4n) is 1.26. The number of aromatic nitrogens is 1. The highest BCUT2D eigenvalue weighted by atomic mass is 32.1. The van der Waals surface area contributed by atoms with Crippen LogP contribution >= 0.6 is 24.0 Å². The van der Waals surface area contributed by atoms with E-state index in [-0.39, 0.29) is 5.12 Å². The first-order valence-electron chi connectivity index (χ1n) is 4.47. The van der Waals surface area contributed by atoms with Crippen molar-refractivity contribution >= 4 is 29.1 Å². The zero-order valence-electron chi connectivity index (χ0n) is 7.88. The van der Waals surface area contributed by atoms with Crippen molar-refractivity contribution in [2.45, 2.75) is 6.42 Å². The number of carbonyl (C=O) groups is 1. The number of thiol groups is 1. The molecule has 2 nitrogen and oxygen atoms in total. The minimum atomic E-state index is -0.149. The molecule has 0 aliphatic heterocycles. The molecule has 0 fully saturated rings. The van der Waals surface area contributed by atoms with Crippen LogP contribution in [0, 0.1) is 0 Å². The van der Waals surface area contributed by atoms with Gasteiger partial charge < -0.3 is 0 Å². The fraction of sp³-hybridized carbons (Fsp3) is 0.0909. The maximum Gasteiger partial charge on any atom is 0.192 e. The van der Waals surface area contributed by atoms with Gasteiger partial charge in [0.1, 0.15) is 5.01 Å². The molecule has 0 saturated heterocycles. The normalized spacial score (nSPS) is 10.2. The van der Waals surface area contributed by atoms with Gasteiger partial charge in [0.25, 0.3) is 0 Å². The molecule has 0 aliphatic carbocycles. The minimum Gasteiger partial charge on any atom is -0.287 e. The van der Waals surface area contributed by atoms with E-state index in [2.05, 4.69) is 17.6 Å². The predicted molar refractivity (Wildman–Crippen MR) is 65.2 cm³/mol. The van der Waals surface area contributed by atoms with Gasteiger partial charge >= 0.3 is 0 Å². The maximum absolute atomic E-state index is 10.8. The zero-order chi connectivity index (χ0) is 10.7. The lowest BCUT2D eigenvalue weighted by Gasteiger charge is -1.93. The molecule has 2 aromatic rings. The number of carbonyl (C=O) groups excluding carboxylic acids is 1. The molecule has 4 heteroatoms. The van der Waals surface area contributed by atoms with E-state index in [4.69, 9.17) is 0 Å². The molecule has 1 heterocycles. The van der Waals surface area contributed by atoms with Gasteiger partial charge in [0.15, 0.2) is 5.12 Å². The standard InChI is InChI=1S/C11H9NOS2/c13-11(14)6-10-12-7-9(15-10)8-4-2-1-3-5-8/h1-5,7H,6H2,(H,13,14). The topological polar surface area (TPSA) is 30.0 Å². The summed E-state index contributed by atoms with van der Waals surface area (Å²) in [5.41, 5.74) is 1.13. The maximum atomic E-state index is 10.8. The third-order valence-electron chi connectivity index (χ3n) is 1.91. The van der Waals surface area contributed by atoms with Crippen molar-refractivity contribution in [2.24, 2.45) is 0 Å². The summed E-state index contributed by atoms with van der Waals surface area (Å²) in [7, 11) is 0. The number of nitrogens with zero attached hydrogens (tertiary/aromatic N) is 1. The van der Waals surface area contributed by atoms with Gasteiger partial charge in [-0.2, -0.15) is 0 Å². The van der Waals surface area contributed by atoms with Crippen molar-refractivity contribution in [3.8, 4) is 10.4 Å². The van der Waals surface area contributed by atoms with Gasteiger partial charge in [0, 0.05) is 6.20 Å². The van der Waals surface area contributed by atoms with Gasteiger partial charge in [-0.3, -0.25) is 4.79 Å². The minimum absolute atomic E-state index is 0.149. The largest absolute Gasteiger partial charge is 0.287 e. The van der Waals surface area contributed by atoms with Crippen LogP contribution < -0.4 is 0 Å². The van der Waals surface area contributed by atoms with Crippen LogP contribution in [0.4, 0.5) is 0 Å². The highest BCUT2D eigenvalue weighted by Crippen LogP contribution is 2.26. The van der Waals surface area contributed by atoms with Crippen molar-refractivity contribution in [1.29, 1.82) is 0 Å². The van der Waals surface area contributed by atoms with Crippen molar-refractivity contribution in [3.05, 3.63) is 41.5 Å². The molecule has 1 aromatic heterocycles. The highest BCUT2D eigenvalue weighted by Gasteiger charge is 2.05. The number of benzene rings is 1. The molecule has 0 radical (unpaired) electrons. The van der Waals surface area contributed by atoms with E-state index < -0.39 is 0 Å². The molecule has 0 aliphatic rings. The first-order valence-corrected chi connectivity index (χ1v) is 5.74. The highest BCUT2D eigenvalue weighted by molar-refractivity contribution is 7.96. The quantitative estimate of drug-likeness (QED) is 0.829. The third-order valence-corrected chi connectivity index (χ3v) is 3.12. The van der Waals surface area contributed by atoms with Crippen LogP contribution in [0.2, 0.25) is 0 Å². The van der Waals surface area contributed by atoms with Crippen LogP contribution in [0.1, 0.15) is 5.01 Å². The monoisotopic (exact) mass is 235 g/mol. The van der Waals surface area contributed by atoms with Crippen LogP contribution in [0.3, 0.4) is 0 Å². The Labute approximate surface area is 97.4 Å². The van der Waals surface area contributed by atoms with Crippen LogP contribution in [0.25, 0.3) is 10.4 Å². The second-order valence-corrected chi connectivity index (χ2v) is 4.67. The molecule has 15 heavy (non-hydrogen) atoms. The van der Waals surface area contributed by atoms with Crippen LogP contribution in [-0.2, 0) is 11.2 Å². The van der Waals surface area contributed by atoms with E-state index in [1.54, 1.807) is 6.20 Å². The molecule has 0 N–H and O–H groups in total. The number of hydrogen-bond donors (Lipinski definition) is 1. The summed E-state index contributed by atoms with van der Waals surface area (Å²) in [6, 6.07) is 10.00. The summed E-state index contributed by atoms with van der Waals surface area (Å²) in [4.78, 5) is 16.1. The zero-order valence-corrected chi connectivity index (χ0v) is 9.59. The van der Waals surface area contributed by atoms with E-state index in [9.17, 15) is 4.79 Å². The molecule has 0 atom stereocenters. The van der Waals surface area contributed by atoms with Gasteiger partial charge in [0.2, 0.25) is 0 Å². The van der Waals surface area contributed by atoms with E-state index in [1.165, 1.54) is 11.3 Å². The Morgan fingerprint density at radius 1 is 1.33 bits per heavy atom. The molecule has 0 saturated carbocycles. The van der Waals surface area contributed by atoms with Crippen molar-refractivity contribution < 1.29 is 4.79 Å². The number of hydrogen-bond acceptors (Lipinski definition) is 3. The summed E-state index contributed by atoms with van der Waals surface area (Å²) in [5.74, 6) is 0. The summed E-state index contributed by atoms with van der Waals surface area (Å²) >= 11 is 5.27. The first-order chi connectivity index (χ1) is 7.25. The molecule has 0 unspecified atom stereocenters. The Morgan fingerprint density at radius 2 is 2.07 bits per heavy atom. The molecular formula is C11H9NOS2. The van der Waals surface area contributed by atoms with Crippen LogP contribution in [0.15, 0.2) is 36.5 Å². The Morgan fingerprint density at radius 3 is 2.73 bits per heavy atom. The van der Waals surface area contributed by atoms with Crippen LogP contribution in [0.5, 0.6) is 0 Å². The lowest BCUT2D eigenvalue weighted by Crippen LogP contribution is -1.90. The Bertz CT molecular complexity index is 464. The second-order valence-electron chi connectivity index (χ2n) is 3.05. The summed E-state index contributed by atoms with van der Waals surface area (Å²) in [6.45, 7) is 0. The van der Waals surface area contributed by atoms with Crippen LogP contribution in [-0.4, -0.2) is 10.1 Å². The van der Waals surface area contributed by atoms with E-state index >= 15 is 0 Å². The third kappa shape index (κ3) is 2.67. The Kier molecular flexibility index (Phi) is 3.18. The van der Waals surface area contributed by atoms with Gasteiger partial charge in [-0.25, -0.2) is 4.98 Å². The van der Waals surface area contributed by atoms with E-state index in [0.29, 0.717) is 6.42 Å². The Hall–Kier alpha value is -1.13. The average molecular weight is 235 g/mol. The summed E-state index contributed by atoms with van der Waals surface area (Å²) in [6.07, 6.45) is 2.10. The SMILES string of the molecule is O=C(S)Cc1ncc(-c2ccccc2)s1. The van der Waals surface area contributed by atoms with Gasteiger partial charge in [-0.1, -0.05) is 30.3 Å². The second kappa shape index (κ2) is 4.59. The molecule has 0 amide bonds. The smallest absolute Gasteiger partial charge is 0.192 e.